The van der Waals surface area contributed by atoms with Crippen LogP contribution in [0.3, 0.4) is 0 Å². The van der Waals surface area contributed by atoms with Crippen molar-refractivity contribution in [3.63, 3.8) is 0 Å². The van der Waals surface area contributed by atoms with Crippen LogP contribution in [-0.2, 0) is 0 Å². The normalized spacial score (nSPS) is 10.5. The highest BCUT2D eigenvalue weighted by Gasteiger charge is 2.11. The third-order valence-electron chi connectivity index (χ3n) is 2.51. The highest BCUT2D eigenvalue weighted by atomic mass is 16.1. The molecule has 0 amide bonds. The molecule has 0 spiro atoms. The van der Waals surface area contributed by atoms with Gasteiger partial charge < -0.3 is 4.90 Å². The van der Waals surface area contributed by atoms with Crippen LogP contribution < -0.4 is 4.90 Å². The largest absolute Gasteiger partial charge is 0.329 e. The first-order valence-electron chi connectivity index (χ1n) is 5.19. The molecule has 1 aromatic carbocycles. The minimum atomic E-state index is 0.240. The van der Waals surface area contributed by atoms with Gasteiger partial charge in [-0.1, -0.05) is 30.3 Å². The number of hydrogen-bond acceptors (Lipinski definition) is 1. The maximum Gasteiger partial charge on any atom is 0.216 e. The van der Waals surface area contributed by atoms with E-state index in [9.17, 15) is 4.79 Å². The van der Waals surface area contributed by atoms with E-state index in [-0.39, 0.29) is 5.78 Å². The average Bonchev–Trinajstić information content (AvgIpc) is 2.26. The molecule has 1 N–H and O–H groups in total. The molecule has 0 fully saturated rings. The predicted octanol–water partition coefficient (Wildman–Crippen LogP) is 0.794. The Labute approximate surface area is 85.5 Å². The van der Waals surface area contributed by atoms with Crippen molar-refractivity contribution in [3.8, 4) is 0 Å². The summed E-state index contributed by atoms with van der Waals surface area (Å²) < 4.78 is 0. The molecule has 0 aliphatic heterocycles. The van der Waals surface area contributed by atoms with Gasteiger partial charge in [-0.3, -0.25) is 4.79 Å². The molecule has 1 aromatic rings. The molecule has 0 saturated heterocycles. The number of benzene rings is 1. The molecule has 0 aliphatic rings. The first kappa shape index (κ1) is 10.9. The van der Waals surface area contributed by atoms with Gasteiger partial charge in [0.15, 0.2) is 0 Å². The number of rotatable bonds is 5. The molecule has 0 unspecified atom stereocenters. The Balaban J connectivity index is 2.59. The van der Waals surface area contributed by atoms with Crippen LogP contribution in [0.25, 0.3) is 0 Å². The maximum absolute atomic E-state index is 11.8. The van der Waals surface area contributed by atoms with E-state index >= 15 is 0 Å². The number of likely N-dealkylation sites (N-methyl/N-ethyl adjacent to an activating group) is 1. The van der Waals surface area contributed by atoms with Crippen molar-refractivity contribution in [3.05, 3.63) is 35.9 Å². The van der Waals surface area contributed by atoms with E-state index in [0.717, 1.165) is 18.7 Å². The topological polar surface area (TPSA) is 21.5 Å². The zero-order valence-corrected chi connectivity index (χ0v) is 8.92. The van der Waals surface area contributed by atoms with Gasteiger partial charge in [0, 0.05) is 5.56 Å². The van der Waals surface area contributed by atoms with Crippen molar-refractivity contribution in [2.24, 2.45) is 0 Å². The van der Waals surface area contributed by atoms with Crippen LogP contribution in [0.4, 0.5) is 0 Å². The molecule has 2 heteroatoms. The molecule has 14 heavy (non-hydrogen) atoms. The summed E-state index contributed by atoms with van der Waals surface area (Å²) in [6, 6.07) is 9.51. The van der Waals surface area contributed by atoms with E-state index in [1.54, 1.807) is 0 Å². The molecule has 0 saturated carbocycles. The molecule has 2 nitrogen and oxygen atoms in total. The van der Waals surface area contributed by atoms with Gasteiger partial charge in [0.2, 0.25) is 5.78 Å². The molecule has 0 bridgehead atoms. The monoisotopic (exact) mass is 192 g/mol. The number of ketones is 1. The molecule has 1 rings (SSSR count). The van der Waals surface area contributed by atoms with Gasteiger partial charge in [-0.15, -0.1) is 0 Å². The lowest BCUT2D eigenvalue weighted by molar-refractivity contribution is -0.887. The van der Waals surface area contributed by atoms with E-state index in [1.807, 2.05) is 30.3 Å². The number of carbonyl (C=O) groups is 1. The van der Waals surface area contributed by atoms with Gasteiger partial charge in [0.25, 0.3) is 0 Å². The molecule has 0 aliphatic carbocycles. The van der Waals surface area contributed by atoms with Crippen LogP contribution in [0.15, 0.2) is 30.3 Å². The second-order valence-corrected chi connectivity index (χ2v) is 3.42. The Morgan fingerprint density at radius 3 is 2.21 bits per heavy atom. The van der Waals surface area contributed by atoms with Gasteiger partial charge in [0.1, 0.15) is 6.54 Å². The van der Waals surface area contributed by atoms with Gasteiger partial charge in [0.05, 0.1) is 13.1 Å². The highest BCUT2D eigenvalue weighted by Crippen LogP contribution is 1.97. The number of carbonyl (C=O) groups excluding carboxylic acids is 1. The van der Waals surface area contributed by atoms with Crippen LogP contribution in [0, 0.1) is 0 Å². The van der Waals surface area contributed by atoms with Crippen LogP contribution in [-0.4, -0.2) is 25.4 Å². The zero-order chi connectivity index (χ0) is 10.4. The van der Waals surface area contributed by atoms with E-state index < -0.39 is 0 Å². The molecule has 76 valence electrons. The van der Waals surface area contributed by atoms with Crippen LogP contribution >= 0.6 is 0 Å². The van der Waals surface area contributed by atoms with E-state index in [2.05, 4.69) is 13.8 Å². The minimum absolute atomic E-state index is 0.240. The third kappa shape index (κ3) is 2.96. The summed E-state index contributed by atoms with van der Waals surface area (Å²) >= 11 is 0. The Morgan fingerprint density at radius 2 is 1.71 bits per heavy atom. The van der Waals surface area contributed by atoms with E-state index in [1.165, 1.54) is 4.90 Å². The summed E-state index contributed by atoms with van der Waals surface area (Å²) in [6.45, 7) is 6.84. The van der Waals surface area contributed by atoms with Gasteiger partial charge in [-0.2, -0.15) is 0 Å². The summed E-state index contributed by atoms with van der Waals surface area (Å²) in [6.07, 6.45) is 0. The fourth-order valence-electron chi connectivity index (χ4n) is 1.45. The lowest BCUT2D eigenvalue weighted by atomic mass is 10.1. The summed E-state index contributed by atoms with van der Waals surface area (Å²) in [4.78, 5) is 13.1. The highest BCUT2D eigenvalue weighted by molar-refractivity contribution is 5.96. The smallest absolute Gasteiger partial charge is 0.216 e. The number of nitrogens with one attached hydrogen (secondary N) is 1. The summed E-state index contributed by atoms with van der Waals surface area (Å²) in [5.74, 6) is 0.240. The Kier molecular flexibility index (Phi) is 4.33. The molecular weight excluding hydrogens is 174 g/mol. The Bertz CT molecular complexity index is 278. The standard InChI is InChI=1S/C12H17NO/c1-3-13(4-2)10-12(14)11-8-6-5-7-9-11/h5-9H,3-4,10H2,1-2H3/p+1. The quantitative estimate of drug-likeness (QED) is 0.684. The molecule has 0 heterocycles. The van der Waals surface area contributed by atoms with E-state index in [0.29, 0.717) is 6.54 Å². The minimum Gasteiger partial charge on any atom is -0.329 e. The van der Waals surface area contributed by atoms with Crippen molar-refractivity contribution in [1.29, 1.82) is 0 Å². The Morgan fingerprint density at radius 1 is 1.14 bits per heavy atom. The van der Waals surface area contributed by atoms with Gasteiger partial charge in [-0.25, -0.2) is 0 Å². The molecular formula is C12H18NO+. The number of hydrogen-bond donors (Lipinski definition) is 1. The van der Waals surface area contributed by atoms with Crippen molar-refractivity contribution >= 4 is 5.78 Å². The summed E-state index contributed by atoms with van der Waals surface area (Å²) in [5, 5.41) is 0. The molecule has 0 aromatic heterocycles. The summed E-state index contributed by atoms with van der Waals surface area (Å²) in [5.41, 5.74) is 0.826. The van der Waals surface area contributed by atoms with Crippen molar-refractivity contribution < 1.29 is 9.69 Å². The Hall–Kier alpha value is -1.15. The fourth-order valence-corrected chi connectivity index (χ4v) is 1.45. The first-order valence-corrected chi connectivity index (χ1v) is 5.19. The second kappa shape index (κ2) is 5.55. The van der Waals surface area contributed by atoms with Crippen molar-refractivity contribution in [1.82, 2.24) is 0 Å². The van der Waals surface area contributed by atoms with Gasteiger partial charge >= 0.3 is 0 Å². The van der Waals surface area contributed by atoms with Crippen molar-refractivity contribution in [2.45, 2.75) is 13.8 Å². The molecule has 0 atom stereocenters. The fraction of sp³-hybridized carbons (Fsp3) is 0.417. The van der Waals surface area contributed by atoms with Crippen LogP contribution in [0.2, 0.25) is 0 Å². The zero-order valence-electron chi connectivity index (χ0n) is 8.92. The third-order valence-corrected chi connectivity index (χ3v) is 2.51. The number of Topliss-reactive ketones (excluding diaryl/α,β-unsaturated/α-hetero) is 1. The van der Waals surface area contributed by atoms with Gasteiger partial charge in [-0.05, 0) is 13.8 Å². The van der Waals surface area contributed by atoms with Crippen molar-refractivity contribution in [2.75, 3.05) is 19.6 Å². The molecule has 0 radical (unpaired) electrons. The maximum atomic E-state index is 11.8. The SMILES string of the molecule is CC[NH+](CC)CC(=O)c1ccccc1. The lowest BCUT2D eigenvalue weighted by Gasteiger charge is -2.13. The van der Waals surface area contributed by atoms with Crippen LogP contribution in [0.1, 0.15) is 24.2 Å². The lowest BCUT2D eigenvalue weighted by Crippen LogP contribution is -3.12. The second-order valence-electron chi connectivity index (χ2n) is 3.42. The summed E-state index contributed by atoms with van der Waals surface area (Å²) in [7, 11) is 0. The number of quaternary nitrogens is 1. The van der Waals surface area contributed by atoms with E-state index in [4.69, 9.17) is 0 Å². The first-order chi connectivity index (χ1) is 6.77. The van der Waals surface area contributed by atoms with Crippen LogP contribution in [0.5, 0.6) is 0 Å². The average molecular weight is 192 g/mol. The predicted molar refractivity (Wildman–Crippen MR) is 57.7 cm³/mol.